The Balaban J connectivity index is 2.15. The van der Waals surface area contributed by atoms with Crippen molar-refractivity contribution in [2.75, 3.05) is 0 Å². The Labute approximate surface area is 94.3 Å². The van der Waals surface area contributed by atoms with E-state index in [1.165, 1.54) is 43.6 Å². The first-order valence-corrected chi connectivity index (χ1v) is 6.46. The van der Waals surface area contributed by atoms with Crippen molar-refractivity contribution in [3.63, 3.8) is 0 Å². The Kier molecular flexibility index (Phi) is 5.47. The predicted octanol–water partition coefficient (Wildman–Crippen LogP) is 3.05. The van der Waals surface area contributed by atoms with Crippen LogP contribution in [0.25, 0.3) is 0 Å². The van der Waals surface area contributed by atoms with Gasteiger partial charge in [0.15, 0.2) is 5.75 Å². The lowest BCUT2D eigenvalue weighted by molar-refractivity contribution is 0.463. The maximum atomic E-state index is 10.9. The first-order valence-electron chi connectivity index (χ1n) is 5.65. The Morgan fingerprint density at radius 1 is 1.20 bits per heavy atom. The summed E-state index contributed by atoms with van der Waals surface area (Å²) in [5.41, 5.74) is -0.346. The van der Waals surface area contributed by atoms with E-state index < -0.39 is 0 Å². The van der Waals surface area contributed by atoms with E-state index >= 15 is 0 Å². The summed E-state index contributed by atoms with van der Waals surface area (Å²) in [6, 6.07) is 0. The molecule has 0 aliphatic rings. The number of hydrogen-bond acceptors (Lipinski definition) is 3. The van der Waals surface area contributed by atoms with Crippen LogP contribution in [0.4, 0.5) is 0 Å². The Morgan fingerprint density at radius 2 is 1.87 bits per heavy atom. The third-order valence-electron chi connectivity index (χ3n) is 2.50. The van der Waals surface area contributed by atoms with Crippen molar-refractivity contribution in [1.82, 2.24) is 4.37 Å². The monoisotopic (exact) mass is 229 g/mol. The Hall–Kier alpha value is -0.770. The van der Waals surface area contributed by atoms with Crippen molar-refractivity contribution in [2.45, 2.75) is 51.9 Å². The van der Waals surface area contributed by atoms with Gasteiger partial charge >= 0.3 is 0 Å². The second-order valence-corrected chi connectivity index (χ2v) is 4.72. The SMILES string of the molecule is CCCCCCCCc1s[nH]c(=O)c1O. The lowest BCUT2D eigenvalue weighted by Crippen LogP contribution is -1.95. The van der Waals surface area contributed by atoms with Crippen molar-refractivity contribution < 1.29 is 5.11 Å². The number of aromatic hydroxyl groups is 1. The van der Waals surface area contributed by atoms with Crippen molar-refractivity contribution in [3.05, 3.63) is 15.2 Å². The van der Waals surface area contributed by atoms with Crippen LogP contribution >= 0.6 is 11.5 Å². The maximum absolute atomic E-state index is 10.9. The molecular weight excluding hydrogens is 210 g/mol. The molecule has 0 aromatic carbocycles. The van der Waals surface area contributed by atoms with Crippen LogP contribution in [0.5, 0.6) is 5.75 Å². The molecule has 3 nitrogen and oxygen atoms in total. The molecule has 0 amide bonds. The molecule has 0 radical (unpaired) electrons. The number of hydrogen-bond donors (Lipinski definition) is 2. The van der Waals surface area contributed by atoms with E-state index in [2.05, 4.69) is 11.3 Å². The van der Waals surface area contributed by atoms with Gasteiger partial charge in [-0.15, -0.1) is 0 Å². The molecule has 0 saturated carbocycles. The van der Waals surface area contributed by atoms with Crippen LogP contribution in [-0.4, -0.2) is 9.48 Å². The number of unbranched alkanes of at least 4 members (excludes halogenated alkanes) is 5. The van der Waals surface area contributed by atoms with E-state index in [0.29, 0.717) is 0 Å². The third-order valence-corrected chi connectivity index (χ3v) is 3.43. The highest BCUT2D eigenvalue weighted by Crippen LogP contribution is 2.18. The Morgan fingerprint density at radius 3 is 2.47 bits per heavy atom. The smallest absolute Gasteiger partial charge is 0.300 e. The normalized spacial score (nSPS) is 10.7. The van der Waals surface area contributed by atoms with Crippen molar-refractivity contribution in [1.29, 1.82) is 0 Å². The Bertz CT molecular complexity index is 330. The molecule has 0 unspecified atom stereocenters. The van der Waals surface area contributed by atoms with Gasteiger partial charge < -0.3 is 5.11 Å². The van der Waals surface area contributed by atoms with Crippen LogP contribution in [0.2, 0.25) is 0 Å². The summed E-state index contributed by atoms with van der Waals surface area (Å²) in [5, 5.41) is 9.34. The van der Waals surface area contributed by atoms with Crippen molar-refractivity contribution in [2.24, 2.45) is 0 Å². The molecule has 2 N–H and O–H groups in total. The van der Waals surface area contributed by atoms with Gasteiger partial charge in [-0.3, -0.25) is 9.17 Å². The molecule has 4 heteroatoms. The van der Waals surface area contributed by atoms with E-state index in [9.17, 15) is 9.90 Å². The highest BCUT2D eigenvalue weighted by atomic mass is 32.1. The number of aromatic amines is 1. The number of aromatic nitrogens is 1. The van der Waals surface area contributed by atoms with Gasteiger partial charge in [0.25, 0.3) is 5.56 Å². The van der Waals surface area contributed by atoms with E-state index in [4.69, 9.17) is 0 Å². The summed E-state index contributed by atoms with van der Waals surface area (Å²) in [4.78, 5) is 11.7. The lowest BCUT2D eigenvalue weighted by atomic mass is 10.1. The van der Waals surface area contributed by atoms with E-state index in [0.717, 1.165) is 17.7 Å². The molecule has 0 aliphatic heterocycles. The lowest BCUT2D eigenvalue weighted by Gasteiger charge is -1.99. The van der Waals surface area contributed by atoms with Gasteiger partial charge in [-0.05, 0) is 12.8 Å². The number of aryl methyl sites for hydroxylation is 1. The molecule has 0 aliphatic carbocycles. The van der Waals surface area contributed by atoms with Crippen LogP contribution in [0.1, 0.15) is 50.3 Å². The molecule has 15 heavy (non-hydrogen) atoms. The van der Waals surface area contributed by atoms with Gasteiger partial charge in [0.2, 0.25) is 0 Å². The molecule has 0 fully saturated rings. The zero-order valence-corrected chi connectivity index (χ0v) is 10.0. The summed E-state index contributed by atoms with van der Waals surface area (Å²) in [7, 11) is 0. The van der Waals surface area contributed by atoms with Crippen LogP contribution in [-0.2, 0) is 6.42 Å². The quantitative estimate of drug-likeness (QED) is 0.706. The summed E-state index contributed by atoms with van der Waals surface area (Å²) < 4.78 is 2.53. The zero-order chi connectivity index (χ0) is 11.1. The molecule has 0 spiro atoms. The van der Waals surface area contributed by atoms with Gasteiger partial charge in [0, 0.05) is 0 Å². The van der Waals surface area contributed by atoms with E-state index in [1.807, 2.05) is 0 Å². The fourth-order valence-electron chi connectivity index (χ4n) is 1.57. The summed E-state index contributed by atoms with van der Waals surface area (Å²) in [5.74, 6) is -0.0754. The minimum absolute atomic E-state index is 0.0754. The van der Waals surface area contributed by atoms with Crippen LogP contribution in [0, 0.1) is 0 Å². The maximum Gasteiger partial charge on any atom is 0.300 e. The molecule has 0 bridgehead atoms. The number of rotatable bonds is 7. The van der Waals surface area contributed by atoms with Crippen molar-refractivity contribution >= 4 is 11.5 Å². The summed E-state index contributed by atoms with van der Waals surface area (Å²) in [6.07, 6.45) is 8.20. The zero-order valence-electron chi connectivity index (χ0n) is 9.21. The van der Waals surface area contributed by atoms with Crippen LogP contribution in [0.15, 0.2) is 4.79 Å². The molecule has 0 saturated heterocycles. The number of nitrogens with one attached hydrogen (secondary N) is 1. The average Bonchev–Trinajstić information content (AvgIpc) is 2.54. The van der Waals surface area contributed by atoms with Gasteiger partial charge in [-0.1, -0.05) is 50.6 Å². The predicted molar refractivity (Wildman–Crippen MR) is 63.7 cm³/mol. The van der Waals surface area contributed by atoms with Crippen molar-refractivity contribution in [3.8, 4) is 5.75 Å². The highest BCUT2D eigenvalue weighted by molar-refractivity contribution is 7.06. The molecule has 1 aromatic heterocycles. The van der Waals surface area contributed by atoms with E-state index in [-0.39, 0.29) is 11.3 Å². The topological polar surface area (TPSA) is 53.1 Å². The van der Waals surface area contributed by atoms with Crippen LogP contribution in [0.3, 0.4) is 0 Å². The van der Waals surface area contributed by atoms with Gasteiger partial charge in [-0.2, -0.15) is 0 Å². The standard InChI is InChI=1S/C11H19NO2S/c1-2-3-4-5-6-7-8-9-10(13)11(14)12-15-9/h13H,2-8H2,1H3,(H,12,14). The second kappa shape index (κ2) is 6.67. The summed E-state index contributed by atoms with van der Waals surface area (Å²) >= 11 is 1.26. The molecule has 86 valence electrons. The minimum atomic E-state index is -0.346. The average molecular weight is 229 g/mol. The summed E-state index contributed by atoms with van der Waals surface area (Å²) in [6.45, 7) is 2.20. The first kappa shape index (κ1) is 12.3. The number of H-pyrrole nitrogens is 1. The fourth-order valence-corrected chi connectivity index (χ4v) is 2.31. The molecule has 1 rings (SSSR count). The van der Waals surface area contributed by atoms with Crippen LogP contribution < -0.4 is 5.56 Å². The minimum Gasteiger partial charge on any atom is -0.502 e. The molecule has 1 heterocycles. The molecule has 0 atom stereocenters. The van der Waals surface area contributed by atoms with Gasteiger partial charge in [0.05, 0.1) is 4.88 Å². The largest absolute Gasteiger partial charge is 0.502 e. The fraction of sp³-hybridized carbons (Fsp3) is 0.727. The van der Waals surface area contributed by atoms with Gasteiger partial charge in [-0.25, -0.2) is 0 Å². The first-order chi connectivity index (χ1) is 7.25. The molecule has 1 aromatic rings. The molecular formula is C11H19NO2S. The third kappa shape index (κ3) is 4.08. The van der Waals surface area contributed by atoms with E-state index in [1.54, 1.807) is 0 Å². The highest BCUT2D eigenvalue weighted by Gasteiger charge is 2.07. The second-order valence-electron chi connectivity index (χ2n) is 3.82. The van der Waals surface area contributed by atoms with Gasteiger partial charge in [0.1, 0.15) is 0 Å².